The van der Waals surface area contributed by atoms with Gasteiger partial charge in [-0.05, 0) is 25.8 Å². The first-order chi connectivity index (χ1) is 22.7. The molecular formula is C35H38Cl2N6O4. The Labute approximate surface area is 284 Å². The maximum absolute atomic E-state index is 11.5. The highest BCUT2D eigenvalue weighted by molar-refractivity contribution is 6.39. The van der Waals surface area contributed by atoms with E-state index in [9.17, 15) is 9.90 Å². The van der Waals surface area contributed by atoms with Crippen molar-refractivity contribution in [2.24, 2.45) is 0 Å². The highest BCUT2D eigenvalue weighted by Crippen LogP contribution is 2.42. The molecule has 0 radical (unpaired) electrons. The van der Waals surface area contributed by atoms with E-state index >= 15 is 0 Å². The number of carbonyl (C=O) groups is 1. The molecule has 0 aliphatic carbocycles. The van der Waals surface area contributed by atoms with Gasteiger partial charge in [-0.2, -0.15) is 0 Å². The Kier molecular flexibility index (Phi) is 9.96. The summed E-state index contributed by atoms with van der Waals surface area (Å²) in [5.41, 5.74) is 5.09. The van der Waals surface area contributed by atoms with Crippen molar-refractivity contribution in [3.63, 3.8) is 0 Å². The number of amides is 1. The molecule has 2 aliphatic heterocycles. The largest absolute Gasteiger partial charge is 0.481 e. The van der Waals surface area contributed by atoms with Gasteiger partial charge in [0.15, 0.2) is 0 Å². The fourth-order valence-electron chi connectivity index (χ4n) is 6.21. The maximum Gasteiger partial charge on any atom is 0.237 e. The van der Waals surface area contributed by atoms with Crippen molar-refractivity contribution in [1.82, 2.24) is 30.5 Å². The third-order valence-corrected chi connectivity index (χ3v) is 9.48. The molecule has 2 aromatic heterocycles. The van der Waals surface area contributed by atoms with Gasteiger partial charge in [0.05, 0.1) is 47.5 Å². The molecule has 2 saturated heterocycles. The average Bonchev–Trinajstić information content (AvgIpc) is 3.64. The smallest absolute Gasteiger partial charge is 0.237 e. The number of nitrogens with one attached hydrogen (secondary N) is 2. The van der Waals surface area contributed by atoms with Crippen LogP contribution in [0, 0.1) is 0 Å². The Morgan fingerprint density at radius 3 is 2.26 bits per heavy atom. The third kappa shape index (κ3) is 7.37. The molecule has 2 atom stereocenters. The van der Waals surface area contributed by atoms with Gasteiger partial charge in [-0.1, -0.05) is 65.7 Å². The maximum atomic E-state index is 11.5. The van der Waals surface area contributed by atoms with E-state index in [1.807, 2.05) is 55.5 Å². The van der Waals surface area contributed by atoms with E-state index in [-0.39, 0.29) is 11.9 Å². The molecular weight excluding hydrogens is 639 g/mol. The molecule has 0 saturated carbocycles. The summed E-state index contributed by atoms with van der Waals surface area (Å²) < 4.78 is 11.3. The van der Waals surface area contributed by atoms with Crippen LogP contribution < -0.4 is 20.1 Å². The number of benzene rings is 2. The van der Waals surface area contributed by atoms with Gasteiger partial charge in [-0.25, -0.2) is 9.97 Å². The lowest BCUT2D eigenvalue weighted by Crippen LogP contribution is -2.35. The van der Waals surface area contributed by atoms with E-state index in [1.165, 1.54) is 0 Å². The minimum atomic E-state index is -0.677. The molecule has 0 unspecified atom stereocenters. The average molecular weight is 678 g/mol. The highest BCUT2D eigenvalue weighted by Gasteiger charge is 2.31. The van der Waals surface area contributed by atoms with Gasteiger partial charge >= 0.3 is 0 Å². The van der Waals surface area contributed by atoms with Gasteiger partial charge in [0, 0.05) is 73.0 Å². The molecule has 0 spiro atoms. The zero-order valence-corrected chi connectivity index (χ0v) is 28.2. The SMILES string of the molecule is COc1nc(-c2cccc(-c3cccc(-c4cnc(CNC[C@@H]5CCC(=O)N5)c(OC)n4)c3Cl)c2Cl)ccc1CN1CC[C@](C)(O)C1. The van der Waals surface area contributed by atoms with Crippen LogP contribution in [0.15, 0.2) is 54.7 Å². The normalized spacial score (nSPS) is 19.6. The molecule has 4 heterocycles. The van der Waals surface area contributed by atoms with Crippen molar-refractivity contribution >= 4 is 29.1 Å². The molecule has 2 fully saturated rings. The van der Waals surface area contributed by atoms with Crippen LogP contribution in [0.2, 0.25) is 10.0 Å². The van der Waals surface area contributed by atoms with E-state index < -0.39 is 5.60 Å². The predicted octanol–water partition coefficient (Wildman–Crippen LogP) is 5.52. The van der Waals surface area contributed by atoms with E-state index in [1.54, 1.807) is 20.4 Å². The summed E-state index contributed by atoms with van der Waals surface area (Å²) in [7, 11) is 3.17. The van der Waals surface area contributed by atoms with E-state index in [4.69, 9.17) is 42.6 Å². The number of rotatable bonds is 11. The lowest BCUT2D eigenvalue weighted by molar-refractivity contribution is -0.119. The summed E-state index contributed by atoms with van der Waals surface area (Å²) in [5, 5.41) is 17.6. The molecule has 2 aliphatic rings. The van der Waals surface area contributed by atoms with Crippen molar-refractivity contribution in [3.8, 4) is 45.4 Å². The van der Waals surface area contributed by atoms with Crippen LogP contribution >= 0.6 is 23.2 Å². The van der Waals surface area contributed by atoms with Crippen molar-refractivity contribution in [2.75, 3.05) is 33.9 Å². The predicted molar refractivity (Wildman–Crippen MR) is 183 cm³/mol. The highest BCUT2D eigenvalue weighted by atomic mass is 35.5. The van der Waals surface area contributed by atoms with E-state index in [0.29, 0.717) is 77.1 Å². The first kappa shape index (κ1) is 33.1. The molecule has 4 aromatic rings. The Hall–Kier alpha value is -3.80. The standard InChI is InChI=1S/C35H38Cl2N6O4/c1-35(45)14-15-43(20-35)19-21-10-12-27(41-33(21)46-2)25-8-4-6-23(31(25)36)24-7-5-9-26(32(24)37)28-18-39-29(34(42-28)47-3)17-38-16-22-11-13-30(44)40-22/h4-10,12,18,22,38,45H,11,13-17,19-20H2,1-3H3,(H,40,44)/t22-,35-/m0/s1. The topological polar surface area (TPSA) is 122 Å². The van der Waals surface area contributed by atoms with Gasteiger partial charge in [0.2, 0.25) is 17.7 Å². The molecule has 1 amide bonds. The fourth-order valence-corrected chi connectivity index (χ4v) is 6.86. The molecule has 3 N–H and O–H groups in total. The Bertz CT molecular complexity index is 1790. The summed E-state index contributed by atoms with van der Waals surface area (Å²) in [6.45, 7) is 5.00. The lowest BCUT2D eigenvalue weighted by Gasteiger charge is -2.20. The summed E-state index contributed by atoms with van der Waals surface area (Å²) >= 11 is 14.1. The van der Waals surface area contributed by atoms with Gasteiger partial charge in [-0.15, -0.1) is 0 Å². The summed E-state index contributed by atoms with van der Waals surface area (Å²) in [6.07, 6.45) is 3.79. The van der Waals surface area contributed by atoms with Gasteiger partial charge in [0.1, 0.15) is 5.69 Å². The number of halogens is 2. The quantitative estimate of drug-likeness (QED) is 0.188. The number of aromatic nitrogens is 3. The van der Waals surface area contributed by atoms with E-state index in [2.05, 4.69) is 20.5 Å². The van der Waals surface area contributed by atoms with Gasteiger partial charge < -0.3 is 25.2 Å². The number of ether oxygens (including phenoxy) is 2. The van der Waals surface area contributed by atoms with Crippen LogP contribution in [0.25, 0.3) is 33.6 Å². The second-order valence-corrected chi connectivity index (χ2v) is 13.1. The van der Waals surface area contributed by atoms with E-state index in [0.717, 1.165) is 41.6 Å². The van der Waals surface area contributed by atoms with Crippen molar-refractivity contribution in [3.05, 3.63) is 76.0 Å². The number of hydrogen-bond acceptors (Lipinski definition) is 9. The first-order valence-electron chi connectivity index (χ1n) is 15.6. The number of β-amino-alcohol motifs (C(OH)–C–C–N with tert-alkyl or cyclic N) is 1. The Morgan fingerprint density at radius 2 is 1.64 bits per heavy atom. The zero-order valence-electron chi connectivity index (χ0n) is 26.6. The van der Waals surface area contributed by atoms with Crippen LogP contribution in [0.3, 0.4) is 0 Å². The summed E-state index contributed by atoms with van der Waals surface area (Å²) in [5.74, 6) is 0.999. The van der Waals surface area contributed by atoms with Crippen molar-refractivity contribution in [1.29, 1.82) is 0 Å². The molecule has 6 rings (SSSR count). The molecule has 10 nitrogen and oxygen atoms in total. The minimum absolute atomic E-state index is 0.0851. The number of pyridine rings is 1. The monoisotopic (exact) mass is 676 g/mol. The Morgan fingerprint density at radius 1 is 0.979 bits per heavy atom. The van der Waals surface area contributed by atoms with Crippen molar-refractivity contribution in [2.45, 2.75) is 50.9 Å². The number of methoxy groups -OCH3 is 2. The summed E-state index contributed by atoms with van der Waals surface area (Å²) in [6, 6.07) is 15.5. The van der Waals surface area contributed by atoms with Gasteiger partial charge in [-0.3, -0.25) is 14.7 Å². The second-order valence-electron chi connectivity index (χ2n) is 12.3. The molecule has 246 valence electrons. The Balaban J connectivity index is 1.24. The molecule has 47 heavy (non-hydrogen) atoms. The van der Waals surface area contributed by atoms with Crippen LogP contribution in [0.5, 0.6) is 11.8 Å². The zero-order chi connectivity index (χ0) is 33.1. The first-order valence-corrected chi connectivity index (χ1v) is 16.4. The fraction of sp³-hybridized carbons (Fsp3) is 0.371. The third-order valence-electron chi connectivity index (χ3n) is 8.67. The lowest BCUT2D eigenvalue weighted by atomic mass is 9.98. The number of likely N-dealkylation sites (tertiary alicyclic amines) is 1. The van der Waals surface area contributed by atoms with Crippen LogP contribution in [0.4, 0.5) is 0 Å². The van der Waals surface area contributed by atoms with Crippen LogP contribution in [-0.2, 0) is 17.9 Å². The number of aliphatic hydroxyl groups is 1. The molecule has 0 bridgehead atoms. The van der Waals surface area contributed by atoms with Crippen LogP contribution in [-0.4, -0.2) is 76.4 Å². The van der Waals surface area contributed by atoms with Crippen molar-refractivity contribution < 1.29 is 19.4 Å². The summed E-state index contributed by atoms with van der Waals surface area (Å²) in [4.78, 5) is 27.8. The number of nitrogens with zero attached hydrogens (tertiary/aromatic N) is 4. The number of hydrogen-bond donors (Lipinski definition) is 3. The van der Waals surface area contributed by atoms with Crippen LogP contribution in [0.1, 0.15) is 37.4 Å². The molecule has 12 heteroatoms. The number of carbonyl (C=O) groups excluding carboxylic acids is 1. The molecule has 2 aromatic carbocycles. The second kappa shape index (κ2) is 14.1. The minimum Gasteiger partial charge on any atom is -0.481 e. The van der Waals surface area contributed by atoms with Gasteiger partial charge in [0.25, 0.3) is 0 Å².